The summed E-state index contributed by atoms with van der Waals surface area (Å²) < 4.78 is 10.1. The van der Waals surface area contributed by atoms with E-state index in [0.717, 1.165) is 41.6 Å². The van der Waals surface area contributed by atoms with Crippen molar-refractivity contribution in [2.24, 2.45) is 0 Å². The Morgan fingerprint density at radius 2 is 1.95 bits per heavy atom. The molecule has 1 saturated carbocycles. The van der Waals surface area contributed by atoms with Crippen LogP contribution < -0.4 is 10.6 Å². The SMILES string of the molecule is CC(=O)OCOC(=O)N(Cc1cccc(-c2ccsc2)n1)C1CCC(Nc2nccc(/C=C3\SC(=O)NC3=O)n2)CC1. The third-order valence-electron chi connectivity index (χ3n) is 6.70. The summed E-state index contributed by atoms with van der Waals surface area (Å²) in [4.78, 5) is 63.0. The number of aromatic nitrogens is 3. The van der Waals surface area contributed by atoms with Crippen LogP contribution in [0.15, 0.2) is 52.2 Å². The van der Waals surface area contributed by atoms with Crippen LogP contribution in [0.1, 0.15) is 44.0 Å². The number of hydrogen-bond acceptors (Lipinski definition) is 12. The van der Waals surface area contributed by atoms with Gasteiger partial charge in [-0.25, -0.2) is 14.8 Å². The molecule has 0 atom stereocenters. The van der Waals surface area contributed by atoms with Gasteiger partial charge in [0.05, 0.1) is 28.5 Å². The number of amides is 3. The molecular weight excluding hydrogens is 580 g/mol. The third-order valence-corrected chi connectivity index (χ3v) is 8.20. The molecule has 0 bridgehead atoms. The second-order valence-corrected chi connectivity index (χ2v) is 11.4. The standard InChI is InChI=1S/C28H28N6O6S2/c1-17(35)39-16-40-28(38)34(14-21-3-2-4-23(30-21)18-10-12-41-15-18)22-7-5-19(6-8-22)31-26-29-11-9-20(32-26)13-24-25(36)33-27(37)42-24/h2-4,9-13,15,19,22H,5-8,14,16H2,1H3,(H,29,31,32)(H,33,36,37)/b24-13-. The van der Waals surface area contributed by atoms with Gasteiger partial charge in [0, 0.05) is 36.1 Å². The summed E-state index contributed by atoms with van der Waals surface area (Å²) in [5.74, 6) is -0.567. The molecule has 3 amide bonds. The predicted octanol–water partition coefficient (Wildman–Crippen LogP) is 4.81. The van der Waals surface area contributed by atoms with Crippen molar-refractivity contribution in [3.63, 3.8) is 0 Å². The van der Waals surface area contributed by atoms with Crippen molar-refractivity contribution in [2.75, 3.05) is 12.1 Å². The van der Waals surface area contributed by atoms with Gasteiger partial charge in [0.1, 0.15) is 0 Å². The molecule has 1 aliphatic heterocycles. The summed E-state index contributed by atoms with van der Waals surface area (Å²) in [5.41, 5.74) is 3.07. The number of anilines is 1. The van der Waals surface area contributed by atoms with Gasteiger partial charge in [0.15, 0.2) is 0 Å². The first kappa shape index (κ1) is 29.2. The topological polar surface area (TPSA) is 153 Å². The molecule has 0 radical (unpaired) electrons. The Kier molecular flexibility index (Phi) is 9.44. The van der Waals surface area contributed by atoms with Crippen LogP contribution in [-0.2, 0) is 25.6 Å². The maximum Gasteiger partial charge on any atom is 0.413 e. The van der Waals surface area contributed by atoms with Gasteiger partial charge in [0.25, 0.3) is 11.1 Å². The number of hydrogen-bond donors (Lipinski definition) is 2. The number of nitrogens with zero attached hydrogens (tertiary/aromatic N) is 4. The van der Waals surface area contributed by atoms with E-state index in [2.05, 4.69) is 20.6 Å². The molecule has 12 nitrogen and oxygen atoms in total. The Hall–Kier alpha value is -4.30. The highest BCUT2D eigenvalue weighted by Gasteiger charge is 2.31. The lowest BCUT2D eigenvalue weighted by Gasteiger charge is -2.36. The van der Waals surface area contributed by atoms with Crippen LogP contribution >= 0.6 is 23.1 Å². The minimum Gasteiger partial charge on any atom is -0.428 e. The Balaban J connectivity index is 1.23. The van der Waals surface area contributed by atoms with Crippen LogP contribution in [0.25, 0.3) is 17.3 Å². The van der Waals surface area contributed by atoms with Crippen molar-refractivity contribution in [3.05, 3.63) is 63.6 Å². The second kappa shape index (κ2) is 13.6. The number of ether oxygens (including phenoxy) is 2. The smallest absolute Gasteiger partial charge is 0.413 e. The zero-order valence-corrected chi connectivity index (χ0v) is 24.3. The van der Waals surface area contributed by atoms with Crippen LogP contribution in [0.4, 0.5) is 15.5 Å². The van der Waals surface area contributed by atoms with Crippen molar-refractivity contribution >= 4 is 58.3 Å². The Labute approximate surface area is 249 Å². The Morgan fingerprint density at radius 3 is 2.67 bits per heavy atom. The van der Waals surface area contributed by atoms with E-state index in [9.17, 15) is 19.2 Å². The zero-order chi connectivity index (χ0) is 29.5. The van der Waals surface area contributed by atoms with E-state index in [1.54, 1.807) is 34.6 Å². The van der Waals surface area contributed by atoms with Crippen LogP contribution in [0.5, 0.6) is 0 Å². The van der Waals surface area contributed by atoms with Crippen molar-refractivity contribution in [3.8, 4) is 11.3 Å². The average Bonchev–Trinajstić information content (AvgIpc) is 3.62. The molecule has 3 aromatic heterocycles. The molecule has 2 N–H and O–H groups in total. The zero-order valence-electron chi connectivity index (χ0n) is 22.6. The largest absolute Gasteiger partial charge is 0.428 e. The van der Waals surface area contributed by atoms with E-state index < -0.39 is 30.0 Å². The second-order valence-electron chi connectivity index (χ2n) is 9.63. The van der Waals surface area contributed by atoms with Crippen LogP contribution in [0.3, 0.4) is 0 Å². The molecule has 1 saturated heterocycles. The lowest BCUT2D eigenvalue weighted by Crippen LogP contribution is -2.44. The quantitative estimate of drug-likeness (QED) is 0.196. The molecule has 1 aliphatic carbocycles. The highest BCUT2D eigenvalue weighted by molar-refractivity contribution is 8.18. The number of carbonyl (C=O) groups excluding carboxylic acids is 4. The van der Waals surface area contributed by atoms with E-state index in [0.29, 0.717) is 24.5 Å². The number of rotatable bonds is 9. The number of thioether (sulfide) groups is 1. The fourth-order valence-corrected chi connectivity index (χ4v) is 6.01. The van der Waals surface area contributed by atoms with E-state index in [1.807, 2.05) is 35.0 Å². The molecule has 42 heavy (non-hydrogen) atoms. The highest BCUT2D eigenvalue weighted by Crippen LogP contribution is 2.28. The molecule has 0 spiro atoms. The number of esters is 1. The minimum atomic E-state index is -0.577. The summed E-state index contributed by atoms with van der Waals surface area (Å²) in [5, 5.41) is 9.17. The number of nitrogens with one attached hydrogen (secondary N) is 2. The average molecular weight is 609 g/mol. The summed E-state index contributed by atoms with van der Waals surface area (Å²) >= 11 is 2.42. The molecule has 2 fully saturated rings. The van der Waals surface area contributed by atoms with Gasteiger partial charge >= 0.3 is 12.1 Å². The highest BCUT2D eigenvalue weighted by atomic mass is 32.2. The molecule has 2 aliphatic rings. The van der Waals surface area contributed by atoms with Crippen molar-refractivity contribution in [1.29, 1.82) is 0 Å². The van der Waals surface area contributed by atoms with Crippen LogP contribution in [0, 0.1) is 0 Å². The molecule has 5 rings (SSSR count). The van der Waals surface area contributed by atoms with E-state index in [-0.39, 0.29) is 23.5 Å². The number of pyridine rings is 1. The van der Waals surface area contributed by atoms with Crippen molar-refractivity contribution in [1.82, 2.24) is 25.2 Å². The normalized spacial score (nSPS) is 19.3. The lowest BCUT2D eigenvalue weighted by atomic mass is 9.90. The summed E-state index contributed by atoms with van der Waals surface area (Å²) in [6.07, 6.45) is 5.41. The van der Waals surface area contributed by atoms with Gasteiger partial charge in [-0.1, -0.05) is 6.07 Å². The van der Waals surface area contributed by atoms with Gasteiger partial charge in [0.2, 0.25) is 12.7 Å². The first-order chi connectivity index (χ1) is 20.3. The van der Waals surface area contributed by atoms with Crippen LogP contribution in [-0.4, -0.2) is 61.9 Å². The van der Waals surface area contributed by atoms with Crippen molar-refractivity contribution < 1.29 is 28.7 Å². The number of carbonyl (C=O) groups is 4. The molecule has 0 unspecified atom stereocenters. The lowest BCUT2D eigenvalue weighted by molar-refractivity contribution is -0.149. The third kappa shape index (κ3) is 7.70. The summed E-state index contributed by atoms with van der Waals surface area (Å²) in [6.45, 7) is 1.04. The molecule has 14 heteroatoms. The van der Waals surface area contributed by atoms with Gasteiger partial charge in [-0.3, -0.25) is 29.6 Å². The van der Waals surface area contributed by atoms with Gasteiger partial charge < -0.3 is 14.8 Å². The first-order valence-electron chi connectivity index (χ1n) is 13.2. The van der Waals surface area contributed by atoms with E-state index >= 15 is 0 Å². The predicted molar refractivity (Wildman–Crippen MR) is 157 cm³/mol. The summed E-state index contributed by atoms with van der Waals surface area (Å²) in [6, 6.07) is 9.32. The maximum absolute atomic E-state index is 13.1. The fraction of sp³-hybridized carbons (Fsp3) is 0.321. The summed E-state index contributed by atoms with van der Waals surface area (Å²) in [7, 11) is 0. The number of thiophene rings is 1. The minimum absolute atomic E-state index is 0.0637. The molecule has 218 valence electrons. The molecular formula is C28H28N6O6S2. The monoisotopic (exact) mass is 608 g/mol. The van der Waals surface area contributed by atoms with Gasteiger partial charge in [-0.2, -0.15) is 11.3 Å². The van der Waals surface area contributed by atoms with Gasteiger partial charge in [-0.05, 0) is 73.2 Å². The van der Waals surface area contributed by atoms with E-state index in [1.165, 1.54) is 6.92 Å². The van der Waals surface area contributed by atoms with Crippen LogP contribution in [0.2, 0.25) is 0 Å². The molecule has 0 aromatic carbocycles. The maximum atomic E-state index is 13.1. The van der Waals surface area contributed by atoms with E-state index in [4.69, 9.17) is 14.5 Å². The Morgan fingerprint density at radius 1 is 1.12 bits per heavy atom. The molecule has 4 heterocycles. The number of imide groups is 1. The van der Waals surface area contributed by atoms with Gasteiger partial charge in [-0.15, -0.1) is 0 Å². The molecule has 3 aromatic rings. The first-order valence-corrected chi connectivity index (χ1v) is 15.0. The fourth-order valence-electron chi connectivity index (χ4n) is 4.69. The Bertz CT molecular complexity index is 1490. The van der Waals surface area contributed by atoms with Crippen molar-refractivity contribution in [2.45, 2.75) is 51.2 Å².